The second-order valence-electron chi connectivity index (χ2n) is 3.69. The van der Waals surface area contributed by atoms with Crippen LogP contribution < -0.4 is 5.48 Å². The average Bonchev–Trinajstić information content (AvgIpc) is 2.33. The van der Waals surface area contributed by atoms with E-state index in [1.54, 1.807) is 6.92 Å². The summed E-state index contributed by atoms with van der Waals surface area (Å²) in [6.45, 7) is 2.06. The summed E-state index contributed by atoms with van der Waals surface area (Å²) in [6, 6.07) is 7.63. The first-order valence-corrected chi connectivity index (χ1v) is 6.03. The first kappa shape index (κ1) is 14.5. The van der Waals surface area contributed by atoms with Crippen LogP contribution in [0.15, 0.2) is 36.0 Å². The molecule has 1 aromatic carbocycles. The smallest absolute Gasteiger partial charge is 0.353 e. The minimum atomic E-state index is -1.03. The van der Waals surface area contributed by atoms with Gasteiger partial charge in [0.2, 0.25) is 0 Å². The van der Waals surface area contributed by atoms with E-state index in [-0.39, 0.29) is 5.70 Å². The standard InChI is InChI=1S/C13H16ClNO3/c1-2-12(13(16)17)15-18-8-4-6-10-5-3-7-11(14)9-10/h2-3,5,7,9,15H,4,6,8H2,1H3,(H,16,17). The molecule has 0 aliphatic heterocycles. The lowest BCUT2D eigenvalue weighted by Crippen LogP contribution is -2.21. The predicted molar refractivity (Wildman–Crippen MR) is 70.3 cm³/mol. The van der Waals surface area contributed by atoms with Gasteiger partial charge in [0.25, 0.3) is 0 Å². The van der Waals surface area contributed by atoms with E-state index in [9.17, 15) is 4.79 Å². The van der Waals surface area contributed by atoms with Crippen LogP contribution in [0.2, 0.25) is 5.02 Å². The zero-order valence-corrected chi connectivity index (χ0v) is 10.9. The Morgan fingerprint density at radius 2 is 2.33 bits per heavy atom. The normalized spacial score (nSPS) is 11.3. The van der Waals surface area contributed by atoms with Crippen molar-refractivity contribution in [1.82, 2.24) is 5.48 Å². The molecule has 0 radical (unpaired) electrons. The molecule has 0 aromatic heterocycles. The fourth-order valence-corrected chi connectivity index (χ4v) is 1.61. The Labute approximate surface area is 111 Å². The van der Waals surface area contributed by atoms with Crippen LogP contribution in [0.4, 0.5) is 0 Å². The third kappa shape index (κ3) is 5.21. The molecule has 18 heavy (non-hydrogen) atoms. The maximum absolute atomic E-state index is 10.6. The van der Waals surface area contributed by atoms with Gasteiger partial charge in [-0.1, -0.05) is 29.8 Å². The molecular weight excluding hydrogens is 254 g/mol. The van der Waals surface area contributed by atoms with E-state index in [0.717, 1.165) is 18.4 Å². The van der Waals surface area contributed by atoms with Crippen molar-refractivity contribution >= 4 is 17.6 Å². The van der Waals surface area contributed by atoms with E-state index < -0.39 is 5.97 Å². The molecule has 1 aromatic rings. The largest absolute Gasteiger partial charge is 0.477 e. The zero-order chi connectivity index (χ0) is 13.4. The molecule has 98 valence electrons. The molecule has 0 unspecified atom stereocenters. The Bertz CT molecular complexity index is 432. The monoisotopic (exact) mass is 269 g/mol. The van der Waals surface area contributed by atoms with E-state index in [1.807, 2.05) is 24.3 Å². The fraction of sp³-hybridized carbons (Fsp3) is 0.308. The van der Waals surface area contributed by atoms with Gasteiger partial charge in [-0.05, 0) is 37.5 Å². The van der Waals surface area contributed by atoms with Crippen molar-refractivity contribution in [3.63, 3.8) is 0 Å². The molecule has 0 fully saturated rings. The fourth-order valence-electron chi connectivity index (χ4n) is 1.40. The molecule has 0 aliphatic carbocycles. The number of benzene rings is 1. The summed E-state index contributed by atoms with van der Waals surface area (Å²) >= 11 is 5.86. The average molecular weight is 270 g/mol. The van der Waals surface area contributed by atoms with Crippen LogP contribution in [0.5, 0.6) is 0 Å². The summed E-state index contributed by atoms with van der Waals surface area (Å²) in [7, 11) is 0. The summed E-state index contributed by atoms with van der Waals surface area (Å²) in [5.74, 6) is -1.03. The number of hydrogen-bond acceptors (Lipinski definition) is 3. The number of rotatable bonds is 7. The van der Waals surface area contributed by atoms with E-state index >= 15 is 0 Å². The molecule has 0 spiro atoms. The van der Waals surface area contributed by atoms with Crippen LogP contribution in [0.25, 0.3) is 0 Å². The Morgan fingerprint density at radius 3 is 2.94 bits per heavy atom. The quantitative estimate of drug-likeness (QED) is 0.454. The van der Waals surface area contributed by atoms with Crippen molar-refractivity contribution in [2.75, 3.05) is 6.61 Å². The van der Waals surface area contributed by atoms with Crippen molar-refractivity contribution in [2.24, 2.45) is 0 Å². The molecule has 0 atom stereocenters. The van der Waals surface area contributed by atoms with Crippen LogP contribution in [0, 0.1) is 0 Å². The van der Waals surface area contributed by atoms with Crippen molar-refractivity contribution in [1.29, 1.82) is 0 Å². The van der Waals surface area contributed by atoms with Gasteiger partial charge in [-0.25, -0.2) is 4.79 Å². The lowest BCUT2D eigenvalue weighted by Gasteiger charge is -2.07. The SMILES string of the molecule is CC=C(NOCCCc1cccc(Cl)c1)C(=O)O. The molecular formula is C13H16ClNO3. The Kier molecular flexibility index (Phi) is 6.25. The number of carboxylic acids is 1. The molecule has 2 N–H and O–H groups in total. The molecule has 0 heterocycles. The number of allylic oxidation sites excluding steroid dienone is 1. The maximum atomic E-state index is 10.6. The van der Waals surface area contributed by atoms with Gasteiger partial charge in [0.1, 0.15) is 5.70 Å². The van der Waals surface area contributed by atoms with Gasteiger partial charge >= 0.3 is 5.97 Å². The molecule has 0 bridgehead atoms. The third-order valence-electron chi connectivity index (χ3n) is 2.30. The summed E-state index contributed by atoms with van der Waals surface area (Å²) in [4.78, 5) is 15.7. The van der Waals surface area contributed by atoms with Crippen molar-refractivity contribution < 1.29 is 14.7 Å². The van der Waals surface area contributed by atoms with Gasteiger partial charge in [-0.15, -0.1) is 0 Å². The number of carboxylic acid groups (broad SMARTS) is 1. The number of hydroxylamine groups is 1. The minimum absolute atomic E-state index is 0.0396. The summed E-state index contributed by atoms with van der Waals surface area (Å²) in [5.41, 5.74) is 3.58. The molecule has 0 amide bonds. The molecule has 0 saturated carbocycles. The first-order valence-electron chi connectivity index (χ1n) is 5.65. The van der Waals surface area contributed by atoms with Gasteiger partial charge in [-0.2, -0.15) is 0 Å². The van der Waals surface area contributed by atoms with Crippen LogP contribution in [-0.2, 0) is 16.1 Å². The molecule has 4 nitrogen and oxygen atoms in total. The zero-order valence-electron chi connectivity index (χ0n) is 10.1. The van der Waals surface area contributed by atoms with Crippen molar-refractivity contribution in [3.8, 4) is 0 Å². The number of aryl methyl sites for hydroxylation is 1. The summed E-state index contributed by atoms with van der Waals surface area (Å²) in [6.07, 6.45) is 3.06. The highest BCUT2D eigenvalue weighted by Gasteiger charge is 2.04. The number of aliphatic carboxylic acids is 1. The lowest BCUT2D eigenvalue weighted by molar-refractivity contribution is -0.134. The second-order valence-corrected chi connectivity index (χ2v) is 4.13. The highest BCUT2D eigenvalue weighted by atomic mass is 35.5. The Morgan fingerprint density at radius 1 is 1.56 bits per heavy atom. The highest BCUT2D eigenvalue weighted by Crippen LogP contribution is 2.11. The van der Waals surface area contributed by atoms with Gasteiger partial charge < -0.3 is 5.11 Å². The van der Waals surface area contributed by atoms with Crippen LogP contribution in [-0.4, -0.2) is 17.7 Å². The lowest BCUT2D eigenvalue weighted by atomic mass is 10.1. The van der Waals surface area contributed by atoms with E-state index in [0.29, 0.717) is 11.6 Å². The number of hydrogen-bond donors (Lipinski definition) is 2. The van der Waals surface area contributed by atoms with Crippen LogP contribution >= 0.6 is 11.6 Å². The van der Waals surface area contributed by atoms with Gasteiger partial charge in [0.15, 0.2) is 0 Å². The Balaban J connectivity index is 2.21. The van der Waals surface area contributed by atoms with Crippen molar-refractivity contribution in [2.45, 2.75) is 19.8 Å². The van der Waals surface area contributed by atoms with Crippen LogP contribution in [0.3, 0.4) is 0 Å². The highest BCUT2D eigenvalue weighted by molar-refractivity contribution is 6.30. The minimum Gasteiger partial charge on any atom is -0.477 e. The maximum Gasteiger partial charge on any atom is 0.353 e. The van der Waals surface area contributed by atoms with Crippen molar-refractivity contribution in [3.05, 3.63) is 46.6 Å². The summed E-state index contributed by atoms with van der Waals surface area (Å²) < 4.78 is 0. The topological polar surface area (TPSA) is 58.6 Å². The Hall–Kier alpha value is -1.52. The molecule has 5 heteroatoms. The van der Waals surface area contributed by atoms with E-state index in [2.05, 4.69) is 5.48 Å². The van der Waals surface area contributed by atoms with Gasteiger partial charge in [0, 0.05) is 5.02 Å². The van der Waals surface area contributed by atoms with Gasteiger partial charge in [-0.3, -0.25) is 10.3 Å². The molecule has 0 aliphatic rings. The summed E-state index contributed by atoms with van der Waals surface area (Å²) in [5, 5.41) is 9.43. The van der Waals surface area contributed by atoms with E-state index in [1.165, 1.54) is 6.08 Å². The van der Waals surface area contributed by atoms with E-state index in [4.69, 9.17) is 21.5 Å². The number of nitrogens with one attached hydrogen (secondary N) is 1. The number of carbonyl (C=O) groups is 1. The number of halogens is 1. The second kappa shape index (κ2) is 7.74. The van der Waals surface area contributed by atoms with Crippen LogP contribution in [0.1, 0.15) is 18.9 Å². The van der Waals surface area contributed by atoms with Gasteiger partial charge in [0.05, 0.1) is 6.61 Å². The molecule has 0 saturated heterocycles. The first-order chi connectivity index (χ1) is 8.63. The molecule has 1 rings (SSSR count). The third-order valence-corrected chi connectivity index (χ3v) is 2.54. The predicted octanol–water partition coefficient (Wildman–Crippen LogP) is 2.78.